The first-order valence-corrected chi connectivity index (χ1v) is 15.5. The van der Waals surface area contributed by atoms with Gasteiger partial charge in [-0.25, -0.2) is 0 Å². The SMILES string of the molecule is COc1ccc([C@H]2CC(=O)C3=C(C2)N=C(C)C(C(=O)OC2CCCC2)[C@@H]3c2ccccc2OCc2ccccc2)cc1OC. The Kier molecular flexibility index (Phi) is 8.82. The first-order chi connectivity index (χ1) is 21.5. The van der Waals surface area contributed by atoms with Crippen molar-refractivity contribution in [3.63, 3.8) is 0 Å². The van der Waals surface area contributed by atoms with Crippen LogP contribution in [0.5, 0.6) is 17.2 Å². The zero-order valence-electron chi connectivity index (χ0n) is 25.6. The Hall–Kier alpha value is -4.39. The predicted octanol–water partition coefficient (Wildman–Crippen LogP) is 7.34. The topological polar surface area (TPSA) is 83.4 Å². The molecule has 7 heteroatoms. The van der Waals surface area contributed by atoms with Gasteiger partial charge in [0, 0.05) is 34.9 Å². The molecular formula is C37H39NO6. The van der Waals surface area contributed by atoms with E-state index < -0.39 is 11.8 Å². The maximum Gasteiger partial charge on any atom is 0.315 e. The van der Waals surface area contributed by atoms with Crippen LogP contribution in [0.2, 0.25) is 0 Å². The van der Waals surface area contributed by atoms with Crippen LogP contribution >= 0.6 is 0 Å². The molecule has 6 rings (SSSR count). The lowest BCUT2D eigenvalue weighted by atomic mass is 9.69. The van der Waals surface area contributed by atoms with E-state index >= 15 is 0 Å². The molecule has 1 saturated carbocycles. The minimum Gasteiger partial charge on any atom is -0.493 e. The fourth-order valence-electron chi connectivity index (χ4n) is 6.89. The van der Waals surface area contributed by atoms with Crippen molar-refractivity contribution in [2.24, 2.45) is 10.9 Å². The molecule has 0 N–H and O–H groups in total. The first kappa shape index (κ1) is 29.7. The van der Waals surface area contributed by atoms with Crippen LogP contribution in [0, 0.1) is 5.92 Å². The van der Waals surface area contributed by atoms with Gasteiger partial charge in [-0.05, 0) is 74.3 Å². The van der Waals surface area contributed by atoms with E-state index in [4.69, 9.17) is 23.9 Å². The standard InChI is InChI=1S/C37H39NO6/c1-23-34(37(40)44-27-13-7-8-14-27)35(28-15-9-10-16-31(28)43-22-24-11-5-4-6-12-24)36-29(38-23)19-26(20-30(36)39)25-17-18-32(41-2)33(21-25)42-3/h4-6,9-12,15-18,21,26-27,34-35H,7-8,13-14,19-20,22H2,1-3H3/t26-,34?,35+/m1/s1. The minimum absolute atomic E-state index is 0.0104. The van der Waals surface area contributed by atoms with Crippen LogP contribution in [0.25, 0.3) is 0 Å². The molecule has 44 heavy (non-hydrogen) atoms. The zero-order chi connectivity index (χ0) is 30.6. The third-order valence-corrected chi connectivity index (χ3v) is 9.10. The molecule has 1 fully saturated rings. The number of ether oxygens (including phenoxy) is 4. The average molecular weight is 594 g/mol. The van der Waals surface area contributed by atoms with Crippen LogP contribution < -0.4 is 14.2 Å². The van der Waals surface area contributed by atoms with Gasteiger partial charge in [-0.3, -0.25) is 14.6 Å². The first-order valence-electron chi connectivity index (χ1n) is 15.5. The van der Waals surface area contributed by atoms with Crippen LogP contribution in [0.3, 0.4) is 0 Å². The third kappa shape index (κ3) is 6.01. The molecule has 1 heterocycles. The number of methoxy groups -OCH3 is 2. The van der Waals surface area contributed by atoms with Gasteiger partial charge in [0.05, 0.1) is 14.2 Å². The maximum atomic E-state index is 14.2. The van der Waals surface area contributed by atoms with Crippen LogP contribution in [0.4, 0.5) is 0 Å². The van der Waals surface area contributed by atoms with Crippen molar-refractivity contribution >= 4 is 17.5 Å². The maximum absolute atomic E-state index is 14.2. The van der Waals surface area contributed by atoms with Gasteiger partial charge in [0.1, 0.15) is 24.4 Å². The Labute approximate surface area is 258 Å². The molecule has 0 bridgehead atoms. The van der Waals surface area contributed by atoms with Gasteiger partial charge in [0.15, 0.2) is 17.3 Å². The van der Waals surface area contributed by atoms with E-state index in [1.165, 1.54) is 0 Å². The van der Waals surface area contributed by atoms with Crippen LogP contribution in [0.15, 0.2) is 89.1 Å². The molecule has 228 valence electrons. The quantitative estimate of drug-likeness (QED) is 0.241. The number of Topliss-reactive ketones (excluding diaryl/α,β-unsaturated/α-hetero) is 1. The number of esters is 1. The van der Waals surface area contributed by atoms with Crippen molar-refractivity contribution in [3.8, 4) is 17.2 Å². The highest BCUT2D eigenvalue weighted by Gasteiger charge is 2.46. The summed E-state index contributed by atoms with van der Waals surface area (Å²) in [5.74, 6) is 0.241. The predicted molar refractivity (Wildman–Crippen MR) is 168 cm³/mol. The Balaban J connectivity index is 1.39. The molecule has 1 aliphatic heterocycles. The zero-order valence-corrected chi connectivity index (χ0v) is 25.6. The Bertz CT molecular complexity index is 1590. The molecule has 3 aromatic carbocycles. The summed E-state index contributed by atoms with van der Waals surface area (Å²) >= 11 is 0. The second-order valence-electron chi connectivity index (χ2n) is 11.9. The second kappa shape index (κ2) is 13.1. The van der Waals surface area contributed by atoms with Gasteiger partial charge in [-0.2, -0.15) is 0 Å². The van der Waals surface area contributed by atoms with Crippen LogP contribution in [0.1, 0.15) is 74.0 Å². The van der Waals surface area contributed by atoms with E-state index in [2.05, 4.69) is 0 Å². The van der Waals surface area contributed by atoms with E-state index in [1.54, 1.807) is 14.2 Å². The molecule has 3 aliphatic rings. The Morgan fingerprint density at radius 1 is 0.864 bits per heavy atom. The lowest BCUT2D eigenvalue weighted by Gasteiger charge is -2.37. The largest absolute Gasteiger partial charge is 0.493 e. The highest BCUT2D eigenvalue weighted by Crippen LogP contribution is 2.49. The number of carbonyl (C=O) groups is 2. The summed E-state index contributed by atoms with van der Waals surface area (Å²) in [4.78, 5) is 33.1. The summed E-state index contributed by atoms with van der Waals surface area (Å²) in [6.07, 6.45) is 4.64. The molecule has 0 aromatic heterocycles. The fraction of sp³-hybridized carbons (Fsp3) is 0.378. The summed E-state index contributed by atoms with van der Waals surface area (Å²) in [5, 5.41) is 0. The number of hydrogen-bond donors (Lipinski definition) is 0. The Morgan fingerprint density at radius 2 is 1.59 bits per heavy atom. The van der Waals surface area contributed by atoms with Gasteiger partial charge < -0.3 is 18.9 Å². The van der Waals surface area contributed by atoms with E-state index in [0.29, 0.717) is 48.0 Å². The lowest BCUT2D eigenvalue weighted by Crippen LogP contribution is -2.39. The minimum atomic E-state index is -0.711. The van der Waals surface area contributed by atoms with Crippen molar-refractivity contribution in [3.05, 3.63) is 101 Å². The molecule has 2 aliphatic carbocycles. The summed E-state index contributed by atoms with van der Waals surface area (Å²) in [5.41, 5.74) is 4.81. The molecule has 0 amide bonds. The average Bonchev–Trinajstić information content (AvgIpc) is 3.56. The fourth-order valence-corrected chi connectivity index (χ4v) is 6.89. The number of benzene rings is 3. The van der Waals surface area contributed by atoms with E-state index in [-0.39, 0.29) is 23.8 Å². The van der Waals surface area contributed by atoms with Gasteiger partial charge in [0.25, 0.3) is 0 Å². The van der Waals surface area contributed by atoms with Crippen molar-refractivity contribution < 1.29 is 28.5 Å². The summed E-state index contributed by atoms with van der Waals surface area (Å²) in [6.45, 7) is 2.26. The lowest BCUT2D eigenvalue weighted by molar-refractivity contribution is -0.151. The number of ketones is 1. The van der Waals surface area contributed by atoms with Gasteiger partial charge >= 0.3 is 5.97 Å². The number of carbonyl (C=O) groups excluding carboxylic acids is 2. The molecule has 0 radical (unpaired) electrons. The monoisotopic (exact) mass is 593 g/mol. The molecule has 3 atom stereocenters. The van der Waals surface area contributed by atoms with E-state index in [1.807, 2.05) is 79.7 Å². The van der Waals surface area contributed by atoms with Crippen molar-refractivity contribution in [1.82, 2.24) is 0 Å². The normalized spacial score (nSPS) is 21.8. The van der Waals surface area contributed by atoms with E-state index in [9.17, 15) is 9.59 Å². The molecule has 0 saturated heterocycles. The van der Waals surface area contributed by atoms with Gasteiger partial charge in [-0.1, -0.05) is 54.6 Å². The summed E-state index contributed by atoms with van der Waals surface area (Å²) in [6, 6.07) is 23.5. The summed E-state index contributed by atoms with van der Waals surface area (Å²) < 4.78 is 23.4. The van der Waals surface area contributed by atoms with Crippen molar-refractivity contribution in [2.45, 2.75) is 70.0 Å². The highest BCUT2D eigenvalue weighted by molar-refractivity contribution is 6.09. The Morgan fingerprint density at radius 3 is 2.34 bits per heavy atom. The number of hydrogen-bond acceptors (Lipinski definition) is 7. The summed E-state index contributed by atoms with van der Waals surface area (Å²) in [7, 11) is 3.21. The smallest absolute Gasteiger partial charge is 0.315 e. The van der Waals surface area contributed by atoms with Crippen molar-refractivity contribution in [1.29, 1.82) is 0 Å². The van der Waals surface area contributed by atoms with Gasteiger partial charge in [-0.15, -0.1) is 0 Å². The van der Waals surface area contributed by atoms with Crippen LogP contribution in [-0.4, -0.2) is 37.8 Å². The molecule has 3 aromatic rings. The highest BCUT2D eigenvalue weighted by atomic mass is 16.5. The van der Waals surface area contributed by atoms with Gasteiger partial charge in [0.2, 0.25) is 0 Å². The number of allylic oxidation sites excluding steroid dienone is 2. The van der Waals surface area contributed by atoms with E-state index in [0.717, 1.165) is 48.1 Å². The third-order valence-electron chi connectivity index (χ3n) is 9.10. The second-order valence-corrected chi connectivity index (χ2v) is 11.9. The molecular weight excluding hydrogens is 554 g/mol. The number of rotatable bonds is 9. The van der Waals surface area contributed by atoms with Crippen LogP contribution in [-0.2, 0) is 20.9 Å². The molecule has 7 nitrogen and oxygen atoms in total. The number of para-hydroxylation sites is 1. The number of nitrogens with zero attached hydrogens (tertiary/aromatic N) is 1. The molecule has 1 unspecified atom stereocenters. The number of aliphatic imine (C=N–C) groups is 1. The van der Waals surface area contributed by atoms with Crippen molar-refractivity contribution in [2.75, 3.05) is 14.2 Å². The molecule has 0 spiro atoms.